The van der Waals surface area contributed by atoms with Crippen molar-refractivity contribution in [3.63, 3.8) is 0 Å². The van der Waals surface area contributed by atoms with E-state index in [0.717, 1.165) is 69.1 Å². The number of nitrogens with zero attached hydrogens (tertiary/aromatic N) is 3. The zero-order valence-corrected chi connectivity index (χ0v) is 18.2. The summed E-state index contributed by atoms with van der Waals surface area (Å²) < 4.78 is 0. The van der Waals surface area contributed by atoms with Gasteiger partial charge in [0.25, 0.3) is 0 Å². The van der Waals surface area contributed by atoms with Crippen molar-refractivity contribution in [1.29, 1.82) is 0 Å². The van der Waals surface area contributed by atoms with Crippen LogP contribution in [0.5, 0.6) is 0 Å². The molecule has 0 saturated carbocycles. The highest BCUT2D eigenvalue weighted by Gasteiger charge is 2.30. The molecule has 2 atom stereocenters. The van der Waals surface area contributed by atoms with E-state index in [1.54, 1.807) is 0 Å². The lowest BCUT2D eigenvalue weighted by Crippen LogP contribution is -2.39. The Morgan fingerprint density at radius 3 is 2.63 bits per heavy atom. The standard InChI is InChI=1S/C22H32N4O3S/c27-22(28)13-17-5-7-25(8-6-17)16-20-14-21(24-29-20)19-3-1-18(2-4-19)15-23-26-9-11-30-12-10-26/h1-4,15,17,20-21,24H,5-14,16H2,(H,27,28). The quantitative estimate of drug-likeness (QED) is 0.641. The topological polar surface area (TPSA) is 77.4 Å². The summed E-state index contributed by atoms with van der Waals surface area (Å²) >= 11 is 1.99. The number of nitrogens with one attached hydrogen (secondary N) is 1. The summed E-state index contributed by atoms with van der Waals surface area (Å²) in [6, 6.07) is 8.78. The molecule has 0 amide bonds. The second-order valence-corrected chi connectivity index (χ2v) is 9.69. The van der Waals surface area contributed by atoms with Crippen LogP contribution in [0.25, 0.3) is 0 Å². The zero-order chi connectivity index (χ0) is 20.8. The van der Waals surface area contributed by atoms with Crippen LogP contribution < -0.4 is 5.48 Å². The molecule has 0 radical (unpaired) electrons. The van der Waals surface area contributed by atoms with Gasteiger partial charge < -0.3 is 10.0 Å². The molecule has 1 aromatic carbocycles. The summed E-state index contributed by atoms with van der Waals surface area (Å²) in [4.78, 5) is 19.1. The number of hydrogen-bond donors (Lipinski definition) is 2. The van der Waals surface area contributed by atoms with Crippen LogP contribution in [0.2, 0.25) is 0 Å². The first-order chi connectivity index (χ1) is 14.7. The van der Waals surface area contributed by atoms with E-state index >= 15 is 0 Å². The maximum Gasteiger partial charge on any atom is 0.303 e. The van der Waals surface area contributed by atoms with Gasteiger partial charge in [0.2, 0.25) is 0 Å². The molecule has 4 rings (SSSR count). The van der Waals surface area contributed by atoms with Gasteiger partial charge in [0.15, 0.2) is 0 Å². The number of hydrazone groups is 1. The Balaban J connectivity index is 1.21. The van der Waals surface area contributed by atoms with Crippen molar-refractivity contribution in [1.82, 2.24) is 15.4 Å². The fraction of sp³-hybridized carbons (Fsp3) is 0.636. The number of carbonyl (C=O) groups is 1. The Morgan fingerprint density at radius 1 is 1.20 bits per heavy atom. The summed E-state index contributed by atoms with van der Waals surface area (Å²) in [7, 11) is 0. The highest BCUT2D eigenvalue weighted by molar-refractivity contribution is 7.99. The minimum atomic E-state index is -0.678. The van der Waals surface area contributed by atoms with Gasteiger partial charge in [-0.05, 0) is 49.4 Å². The number of thioether (sulfide) groups is 1. The molecule has 3 aliphatic heterocycles. The van der Waals surface area contributed by atoms with Crippen LogP contribution in [0.4, 0.5) is 0 Å². The Labute approximate surface area is 182 Å². The average Bonchev–Trinajstić information content (AvgIpc) is 3.23. The molecule has 0 bridgehead atoms. The van der Waals surface area contributed by atoms with Gasteiger partial charge in [-0.2, -0.15) is 22.3 Å². The number of hydrogen-bond acceptors (Lipinski definition) is 7. The van der Waals surface area contributed by atoms with E-state index in [1.807, 2.05) is 18.0 Å². The molecular formula is C22H32N4O3S. The summed E-state index contributed by atoms with van der Waals surface area (Å²) in [5, 5.41) is 15.7. The number of rotatable bonds is 7. The highest BCUT2D eigenvalue weighted by Crippen LogP contribution is 2.27. The molecule has 0 spiro atoms. The molecule has 8 heteroatoms. The van der Waals surface area contributed by atoms with Crippen LogP contribution in [0, 0.1) is 5.92 Å². The summed E-state index contributed by atoms with van der Waals surface area (Å²) in [5.74, 6) is 1.96. The first kappa shape index (κ1) is 21.6. The Bertz CT molecular complexity index is 716. The van der Waals surface area contributed by atoms with Gasteiger partial charge in [-0.15, -0.1) is 0 Å². The van der Waals surface area contributed by atoms with Crippen molar-refractivity contribution >= 4 is 23.9 Å². The number of carboxylic acid groups (broad SMARTS) is 1. The maximum absolute atomic E-state index is 10.9. The Morgan fingerprint density at radius 2 is 1.93 bits per heavy atom. The van der Waals surface area contributed by atoms with Crippen LogP contribution in [0.3, 0.4) is 0 Å². The average molecular weight is 433 g/mol. The molecule has 3 aliphatic rings. The number of benzene rings is 1. The number of likely N-dealkylation sites (tertiary alicyclic amines) is 1. The van der Waals surface area contributed by atoms with Crippen LogP contribution in [-0.4, -0.2) is 77.5 Å². The minimum Gasteiger partial charge on any atom is -0.481 e. The third-order valence-corrected chi connectivity index (χ3v) is 7.15. The molecular weight excluding hydrogens is 400 g/mol. The maximum atomic E-state index is 10.9. The van der Waals surface area contributed by atoms with Gasteiger partial charge in [-0.25, -0.2) is 0 Å². The lowest BCUT2D eigenvalue weighted by Gasteiger charge is -2.32. The van der Waals surface area contributed by atoms with Crippen molar-refractivity contribution in [2.24, 2.45) is 11.0 Å². The molecule has 30 heavy (non-hydrogen) atoms. The molecule has 2 N–H and O–H groups in total. The molecule has 0 aliphatic carbocycles. The fourth-order valence-electron chi connectivity index (χ4n) is 4.39. The van der Waals surface area contributed by atoms with Crippen molar-refractivity contribution in [2.75, 3.05) is 44.2 Å². The minimum absolute atomic E-state index is 0.171. The van der Waals surface area contributed by atoms with Gasteiger partial charge in [0, 0.05) is 37.6 Å². The number of aliphatic carboxylic acids is 1. The summed E-state index contributed by atoms with van der Waals surface area (Å²) in [6.45, 7) is 4.89. The van der Waals surface area contributed by atoms with E-state index in [0.29, 0.717) is 12.3 Å². The fourth-order valence-corrected chi connectivity index (χ4v) is 5.28. The SMILES string of the molecule is O=C(O)CC1CCN(CC2CC(c3ccc(C=NN4CCSCC4)cc3)NO2)CC1. The van der Waals surface area contributed by atoms with Gasteiger partial charge in [-0.1, -0.05) is 24.3 Å². The van der Waals surface area contributed by atoms with Crippen LogP contribution >= 0.6 is 11.8 Å². The lowest BCUT2D eigenvalue weighted by atomic mass is 9.93. The molecule has 1 aromatic rings. The van der Waals surface area contributed by atoms with E-state index < -0.39 is 5.97 Å². The first-order valence-corrected chi connectivity index (χ1v) is 12.1. The van der Waals surface area contributed by atoms with Crippen LogP contribution in [-0.2, 0) is 9.63 Å². The molecule has 0 aromatic heterocycles. The van der Waals surface area contributed by atoms with Crippen molar-refractivity contribution in [2.45, 2.75) is 37.8 Å². The lowest BCUT2D eigenvalue weighted by molar-refractivity contribution is -0.138. The molecule has 3 saturated heterocycles. The predicted octanol–water partition coefficient (Wildman–Crippen LogP) is 2.59. The molecule has 3 heterocycles. The van der Waals surface area contributed by atoms with Crippen molar-refractivity contribution < 1.29 is 14.7 Å². The van der Waals surface area contributed by atoms with Gasteiger partial charge in [-0.3, -0.25) is 14.6 Å². The monoisotopic (exact) mass is 432 g/mol. The van der Waals surface area contributed by atoms with Crippen molar-refractivity contribution in [3.8, 4) is 0 Å². The van der Waals surface area contributed by atoms with Gasteiger partial charge in [0.1, 0.15) is 0 Å². The van der Waals surface area contributed by atoms with Crippen molar-refractivity contribution in [3.05, 3.63) is 35.4 Å². The van der Waals surface area contributed by atoms with Crippen LogP contribution in [0.15, 0.2) is 29.4 Å². The smallest absolute Gasteiger partial charge is 0.303 e. The Kier molecular flexibility index (Phi) is 7.65. The number of piperidine rings is 1. The first-order valence-electron chi connectivity index (χ1n) is 11.0. The van der Waals surface area contributed by atoms with Crippen LogP contribution in [0.1, 0.15) is 42.9 Å². The normalized spacial score (nSPS) is 26.5. The number of carboxylic acids is 1. The molecule has 3 fully saturated rings. The zero-order valence-electron chi connectivity index (χ0n) is 17.4. The second-order valence-electron chi connectivity index (χ2n) is 8.47. The third-order valence-electron chi connectivity index (χ3n) is 6.20. The number of hydroxylamine groups is 1. The largest absolute Gasteiger partial charge is 0.481 e. The highest BCUT2D eigenvalue weighted by atomic mass is 32.2. The van der Waals surface area contributed by atoms with E-state index in [9.17, 15) is 4.79 Å². The van der Waals surface area contributed by atoms with Gasteiger partial charge in [0.05, 0.1) is 18.4 Å². The Hall–Kier alpha value is -1.61. The summed E-state index contributed by atoms with van der Waals surface area (Å²) in [5.41, 5.74) is 5.56. The van der Waals surface area contributed by atoms with Gasteiger partial charge >= 0.3 is 5.97 Å². The summed E-state index contributed by atoms with van der Waals surface area (Å²) in [6.07, 6.45) is 5.31. The van der Waals surface area contributed by atoms with E-state index in [2.05, 4.69) is 44.8 Å². The predicted molar refractivity (Wildman–Crippen MR) is 120 cm³/mol. The molecule has 7 nitrogen and oxygen atoms in total. The van der Waals surface area contributed by atoms with E-state index in [4.69, 9.17) is 9.94 Å². The van der Waals surface area contributed by atoms with E-state index in [-0.39, 0.29) is 12.1 Å². The van der Waals surface area contributed by atoms with E-state index in [1.165, 1.54) is 5.56 Å². The molecule has 164 valence electrons. The second kappa shape index (κ2) is 10.6. The third kappa shape index (κ3) is 6.20. The molecule has 2 unspecified atom stereocenters.